The van der Waals surface area contributed by atoms with E-state index in [2.05, 4.69) is 10.3 Å². The minimum Gasteiger partial charge on any atom is -0.385 e. The van der Waals surface area contributed by atoms with Gasteiger partial charge >= 0.3 is 5.69 Å². The van der Waals surface area contributed by atoms with Gasteiger partial charge in [-0.3, -0.25) is 28.8 Å². The first-order chi connectivity index (χ1) is 15.1. The maximum Gasteiger partial charge on any atom is 0.330 e. The second-order valence-corrected chi connectivity index (χ2v) is 7.90. The van der Waals surface area contributed by atoms with Crippen molar-refractivity contribution in [3.05, 3.63) is 20.8 Å². The summed E-state index contributed by atoms with van der Waals surface area (Å²) in [6.45, 7) is 5.16. The molecule has 0 saturated heterocycles. The SMILES string of the molecule is COCCCNC(=O)CN(C)CC(=O)N(CCOC)c1c(N)n(CC(C)C)c(=O)[nH]c1=O. The number of nitrogens with two attached hydrogens (primary N) is 1. The molecule has 0 aliphatic heterocycles. The number of H-pyrrole nitrogens is 1. The van der Waals surface area contributed by atoms with Crippen LogP contribution in [0.15, 0.2) is 9.59 Å². The quantitative estimate of drug-likeness (QED) is 0.296. The number of likely N-dealkylation sites (N-methyl/N-ethyl adjacent to an activating group) is 1. The first-order valence-corrected chi connectivity index (χ1v) is 10.5. The number of methoxy groups -OCH3 is 2. The van der Waals surface area contributed by atoms with Crippen molar-refractivity contribution < 1.29 is 19.1 Å². The van der Waals surface area contributed by atoms with E-state index in [1.54, 1.807) is 14.2 Å². The second kappa shape index (κ2) is 13.7. The number of nitrogen functional groups attached to an aromatic ring is 1. The Kier molecular flexibility index (Phi) is 11.7. The smallest absolute Gasteiger partial charge is 0.330 e. The predicted octanol–water partition coefficient (Wildman–Crippen LogP) is -1.16. The van der Waals surface area contributed by atoms with Crippen LogP contribution in [0.3, 0.4) is 0 Å². The minimum atomic E-state index is -0.754. The summed E-state index contributed by atoms with van der Waals surface area (Å²) in [6, 6.07) is 0. The number of carbonyl (C=O) groups is 2. The molecule has 0 radical (unpaired) electrons. The van der Waals surface area contributed by atoms with Crippen LogP contribution in [0.1, 0.15) is 20.3 Å². The lowest BCUT2D eigenvalue weighted by Gasteiger charge is -2.26. The molecule has 0 bridgehead atoms. The van der Waals surface area contributed by atoms with Gasteiger partial charge in [0.2, 0.25) is 11.8 Å². The van der Waals surface area contributed by atoms with Crippen LogP contribution >= 0.6 is 0 Å². The molecule has 1 aromatic heterocycles. The molecular weight excluding hydrogens is 420 g/mol. The molecule has 0 spiro atoms. The standard InChI is InChI=1S/C20H36N6O6/c1-14(2)11-26-18(21)17(19(29)23-20(26)30)25(8-10-32-5)16(28)13-24(3)12-15(27)22-7-6-9-31-4/h14H,6-13,21H2,1-5H3,(H,22,27)(H,23,29,30). The summed E-state index contributed by atoms with van der Waals surface area (Å²) in [5, 5.41) is 2.75. The highest BCUT2D eigenvalue weighted by atomic mass is 16.5. The molecule has 1 aromatic rings. The van der Waals surface area contributed by atoms with Gasteiger partial charge in [0.05, 0.1) is 19.7 Å². The minimum absolute atomic E-state index is 0.00444. The number of carbonyl (C=O) groups excluding carboxylic acids is 2. The van der Waals surface area contributed by atoms with Gasteiger partial charge in [0, 0.05) is 40.5 Å². The van der Waals surface area contributed by atoms with E-state index in [0.29, 0.717) is 19.6 Å². The molecule has 0 atom stereocenters. The molecule has 0 saturated carbocycles. The van der Waals surface area contributed by atoms with E-state index in [1.165, 1.54) is 21.5 Å². The maximum absolute atomic E-state index is 13.0. The van der Waals surface area contributed by atoms with Crippen molar-refractivity contribution >= 4 is 23.3 Å². The fourth-order valence-corrected chi connectivity index (χ4v) is 3.05. The van der Waals surface area contributed by atoms with Gasteiger partial charge in [0.1, 0.15) is 5.82 Å². The van der Waals surface area contributed by atoms with Crippen LogP contribution < -0.4 is 27.2 Å². The van der Waals surface area contributed by atoms with Crippen molar-refractivity contribution in [3.8, 4) is 0 Å². The Morgan fingerprint density at radius 1 is 1.16 bits per heavy atom. The zero-order valence-corrected chi connectivity index (χ0v) is 19.6. The number of hydrogen-bond acceptors (Lipinski definition) is 8. The molecule has 0 unspecified atom stereocenters. The Morgan fingerprint density at radius 3 is 2.41 bits per heavy atom. The number of aromatic amines is 1. The number of nitrogens with zero attached hydrogens (tertiary/aromatic N) is 3. The zero-order valence-electron chi connectivity index (χ0n) is 19.6. The Hall–Kier alpha value is -2.70. The molecule has 2 amide bonds. The molecule has 0 aliphatic rings. The summed E-state index contributed by atoms with van der Waals surface area (Å²) < 4.78 is 11.2. The molecule has 0 fully saturated rings. The van der Waals surface area contributed by atoms with E-state index >= 15 is 0 Å². The molecule has 0 aliphatic carbocycles. The van der Waals surface area contributed by atoms with E-state index in [1.807, 2.05) is 13.8 Å². The van der Waals surface area contributed by atoms with Crippen LogP contribution in [0, 0.1) is 5.92 Å². The zero-order chi connectivity index (χ0) is 24.3. The van der Waals surface area contributed by atoms with Crippen molar-refractivity contribution in [1.82, 2.24) is 19.8 Å². The fourth-order valence-electron chi connectivity index (χ4n) is 3.05. The van der Waals surface area contributed by atoms with Gasteiger partial charge in [-0.2, -0.15) is 0 Å². The van der Waals surface area contributed by atoms with Crippen molar-refractivity contribution in [2.75, 3.05) is 71.3 Å². The first-order valence-electron chi connectivity index (χ1n) is 10.5. The first kappa shape index (κ1) is 27.3. The van der Waals surface area contributed by atoms with Gasteiger partial charge in [0.15, 0.2) is 5.69 Å². The van der Waals surface area contributed by atoms with Crippen molar-refractivity contribution in [3.63, 3.8) is 0 Å². The van der Waals surface area contributed by atoms with E-state index in [0.717, 1.165) is 0 Å². The molecule has 32 heavy (non-hydrogen) atoms. The lowest BCUT2D eigenvalue weighted by atomic mass is 10.2. The number of anilines is 2. The molecule has 182 valence electrons. The number of amides is 2. The Balaban J connectivity index is 3.03. The molecule has 0 aromatic carbocycles. The lowest BCUT2D eigenvalue weighted by Crippen LogP contribution is -2.47. The van der Waals surface area contributed by atoms with Crippen LogP contribution in [0.4, 0.5) is 11.5 Å². The van der Waals surface area contributed by atoms with Crippen molar-refractivity contribution in [1.29, 1.82) is 0 Å². The normalized spacial score (nSPS) is 11.2. The average molecular weight is 457 g/mol. The summed E-state index contributed by atoms with van der Waals surface area (Å²) in [4.78, 5) is 54.9. The molecule has 4 N–H and O–H groups in total. The summed E-state index contributed by atoms with van der Waals surface area (Å²) in [5.74, 6) is -0.688. The van der Waals surface area contributed by atoms with Crippen LogP contribution in [-0.2, 0) is 25.6 Å². The third kappa shape index (κ3) is 8.44. The number of ether oxygens (including phenoxy) is 2. The molecule has 1 rings (SSSR count). The van der Waals surface area contributed by atoms with Crippen LogP contribution in [0.5, 0.6) is 0 Å². The van der Waals surface area contributed by atoms with Crippen LogP contribution in [0.2, 0.25) is 0 Å². The predicted molar refractivity (Wildman–Crippen MR) is 122 cm³/mol. The summed E-state index contributed by atoms with van der Waals surface area (Å²) in [5.41, 5.74) is 4.66. The Morgan fingerprint density at radius 2 is 1.81 bits per heavy atom. The summed E-state index contributed by atoms with van der Waals surface area (Å²) >= 11 is 0. The van der Waals surface area contributed by atoms with Gasteiger partial charge < -0.3 is 25.4 Å². The second-order valence-electron chi connectivity index (χ2n) is 7.90. The van der Waals surface area contributed by atoms with Crippen molar-refractivity contribution in [2.24, 2.45) is 5.92 Å². The fraction of sp³-hybridized carbons (Fsp3) is 0.700. The van der Waals surface area contributed by atoms with E-state index in [9.17, 15) is 19.2 Å². The third-order valence-corrected chi connectivity index (χ3v) is 4.52. The topological polar surface area (TPSA) is 152 Å². The summed E-state index contributed by atoms with van der Waals surface area (Å²) in [7, 11) is 4.67. The van der Waals surface area contributed by atoms with Gasteiger partial charge in [-0.25, -0.2) is 4.79 Å². The van der Waals surface area contributed by atoms with Crippen molar-refractivity contribution in [2.45, 2.75) is 26.8 Å². The van der Waals surface area contributed by atoms with E-state index in [-0.39, 0.29) is 56.1 Å². The van der Waals surface area contributed by atoms with Crippen LogP contribution in [-0.4, -0.2) is 86.9 Å². The number of hydrogen-bond donors (Lipinski definition) is 3. The number of rotatable bonds is 14. The summed E-state index contributed by atoms with van der Waals surface area (Å²) in [6.07, 6.45) is 0.684. The molecule has 1 heterocycles. The van der Waals surface area contributed by atoms with Gasteiger partial charge in [0.25, 0.3) is 5.56 Å². The largest absolute Gasteiger partial charge is 0.385 e. The highest BCUT2D eigenvalue weighted by Crippen LogP contribution is 2.18. The van der Waals surface area contributed by atoms with Gasteiger partial charge in [-0.1, -0.05) is 13.8 Å². The lowest BCUT2D eigenvalue weighted by molar-refractivity contribution is -0.123. The highest BCUT2D eigenvalue weighted by Gasteiger charge is 2.25. The number of nitrogens with one attached hydrogen (secondary N) is 2. The molecule has 12 heteroatoms. The average Bonchev–Trinajstić information content (AvgIpc) is 2.70. The highest BCUT2D eigenvalue weighted by molar-refractivity contribution is 5.97. The van der Waals surface area contributed by atoms with Crippen LogP contribution in [0.25, 0.3) is 0 Å². The molecular formula is C20H36N6O6. The van der Waals surface area contributed by atoms with E-state index in [4.69, 9.17) is 15.2 Å². The Labute approximate surface area is 187 Å². The number of aromatic nitrogens is 2. The van der Waals surface area contributed by atoms with E-state index < -0.39 is 17.2 Å². The monoisotopic (exact) mass is 456 g/mol. The maximum atomic E-state index is 13.0. The van der Waals surface area contributed by atoms with Gasteiger partial charge in [-0.15, -0.1) is 0 Å². The Bertz CT molecular complexity index is 865. The third-order valence-electron chi connectivity index (χ3n) is 4.52. The van der Waals surface area contributed by atoms with Gasteiger partial charge in [-0.05, 0) is 19.4 Å². The molecule has 12 nitrogen and oxygen atoms in total.